The van der Waals surface area contributed by atoms with Crippen molar-refractivity contribution in [3.8, 4) is 0 Å². The molecule has 1 fully saturated rings. The summed E-state index contributed by atoms with van der Waals surface area (Å²) in [6.07, 6.45) is 1.82. The predicted octanol–water partition coefficient (Wildman–Crippen LogP) is 3.84. The molecule has 0 radical (unpaired) electrons. The zero-order valence-corrected chi connectivity index (χ0v) is 12.7. The second-order valence-electron chi connectivity index (χ2n) is 5.58. The van der Waals surface area contributed by atoms with Gasteiger partial charge in [-0.25, -0.2) is 13.2 Å². The van der Waals surface area contributed by atoms with Crippen LogP contribution in [-0.4, -0.2) is 16.9 Å². The monoisotopic (exact) mass is 351 g/mol. The van der Waals surface area contributed by atoms with Crippen molar-refractivity contribution >= 4 is 23.0 Å². The van der Waals surface area contributed by atoms with E-state index in [4.69, 9.17) is 0 Å². The number of nitrogens with one attached hydrogen (secondary N) is 2. The highest BCUT2D eigenvalue weighted by Gasteiger charge is 2.26. The van der Waals surface area contributed by atoms with Crippen molar-refractivity contribution < 1.29 is 22.9 Å². The topological polar surface area (TPSA) is 84.3 Å². The van der Waals surface area contributed by atoms with E-state index < -0.39 is 34.0 Å². The van der Waals surface area contributed by atoms with Crippen LogP contribution >= 0.6 is 0 Å². The molecule has 130 valence electrons. The fraction of sp³-hybridized carbons (Fsp3) is 0.188. The third-order valence-corrected chi connectivity index (χ3v) is 3.68. The van der Waals surface area contributed by atoms with Gasteiger partial charge in [-0.3, -0.25) is 14.9 Å². The van der Waals surface area contributed by atoms with Crippen LogP contribution in [0, 0.1) is 27.6 Å². The highest BCUT2D eigenvalue weighted by Crippen LogP contribution is 2.32. The second-order valence-corrected chi connectivity index (χ2v) is 5.58. The Labute approximate surface area is 139 Å². The van der Waals surface area contributed by atoms with Crippen LogP contribution in [0.15, 0.2) is 30.3 Å². The highest BCUT2D eigenvalue weighted by atomic mass is 19.2. The first-order valence-corrected chi connectivity index (χ1v) is 7.36. The second kappa shape index (κ2) is 6.42. The number of rotatable bonds is 5. The lowest BCUT2D eigenvalue weighted by molar-refractivity contribution is -0.384. The van der Waals surface area contributed by atoms with Crippen molar-refractivity contribution in [2.75, 3.05) is 10.6 Å². The average Bonchev–Trinajstić information content (AvgIpc) is 3.39. The lowest BCUT2D eigenvalue weighted by Gasteiger charge is -2.09. The van der Waals surface area contributed by atoms with Gasteiger partial charge in [0.05, 0.1) is 10.6 Å². The van der Waals surface area contributed by atoms with Crippen LogP contribution in [-0.2, 0) is 0 Å². The molecule has 9 heteroatoms. The van der Waals surface area contributed by atoms with Gasteiger partial charge in [0, 0.05) is 17.7 Å². The molecule has 0 heterocycles. The number of carbonyl (C=O) groups excluding carboxylic acids is 1. The Bertz CT molecular complexity index is 869. The summed E-state index contributed by atoms with van der Waals surface area (Å²) >= 11 is 0. The Hall–Kier alpha value is -3.10. The van der Waals surface area contributed by atoms with E-state index in [1.807, 2.05) is 0 Å². The van der Waals surface area contributed by atoms with Crippen LogP contribution in [0.25, 0.3) is 0 Å². The van der Waals surface area contributed by atoms with E-state index in [1.165, 1.54) is 12.1 Å². The Morgan fingerprint density at radius 1 is 1.08 bits per heavy atom. The Kier molecular flexibility index (Phi) is 4.30. The fourth-order valence-electron chi connectivity index (χ4n) is 2.21. The van der Waals surface area contributed by atoms with Gasteiger partial charge in [0.1, 0.15) is 5.69 Å². The summed E-state index contributed by atoms with van der Waals surface area (Å²) in [6, 6.07) is 5.45. The first kappa shape index (κ1) is 16.7. The minimum Gasteiger partial charge on any atom is -0.377 e. The van der Waals surface area contributed by atoms with Gasteiger partial charge in [-0.1, -0.05) is 0 Å². The Morgan fingerprint density at radius 2 is 1.76 bits per heavy atom. The number of benzene rings is 2. The summed E-state index contributed by atoms with van der Waals surface area (Å²) in [5, 5.41) is 16.2. The van der Waals surface area contributed by atoms with Crippen LogP contribution < -0.4 is 10.6 Å². The van der Waals surface area contributed by atoms with Gasteiger partial charge in [0.25, 0.3) is 11.6 Å². The molecular formula is C16H12F3N3O3. The highest BCUT2D eigenvalue weighted by molar-refractivity contribution is 6.05. The largest absolute Gasteiger partial charge is 0.377 e. The van der Waals surface area contributed by atoms with Crippen molar-refractivity contribution in [2.45, 2.75) is 18.9 Å². The van der Waals surface area contributed by atoms with Crippen LogP contribution in [0.4, 0.5) is 30.2 Å². The molecule has 0 aromatic heterocycles. The van der Waals surface area contributed by atoms with Crippen molar-refractivity contribution in [2.24, 2.45) is 0 Å². The fourth-order valence-corrected chi connectivity index (χ4v) is 2.21. The predicted molar refractivity (Wildman–Crippen MR) is 84.0 cm³/mol. The van der Waals surface area contributed by atoms with Gasteiger partial charge in [-0.2, -0.15) is 0 Å². The van der Waals surface area contributed by atoms with Crippen molar-refractivity contribution in [3.05, 3.63) is 63.5 Å². The van der Waals surface area contributed by atoms with Gasteiger partial charge < -0.3 is 10.6 Å². The summed E-state index contributed by atoms with van der Waals surface area (Å²) in [5.74, 6) is -5.53. The average molecular weight is 351 g/mol. The molecule has 1 amide bonds. The number of nitro groups is 1. The molecule has 0 atom stereocenters. The zero-order valence-electron chi connectivity index (χ0n) is 12.7. The molecule has 0 saturated heterocycles. The quantitative estimate of drug-likeness (QED) is 0.487. The smallest absolute Gasteiger partial charge is 0.293 e. The van der Waals surface area contributed by atoms with Gasteiger partial charge in [0.2, 0.25) is 0 Å². The van der Waals surface area contributed by atoms with Crippen LogP contribution in [0.2, 0.25) is 0 Å². The van der Waals surface area contributed by atoms with Crippen molar-refractivity contribution in [1.82, 2.24) is 0 Å². The van der Waals surface area contributed by atoms with Crippen molar-refractivity contribution in [1.29, 1.82) is 0 Å². The summed E-state index contributed by atoms with van der Waals surface area (Å²) < 4.78 is 39.7. The molecule has 0 unspecified atom stereocenters. The molecule has 0 aliphatic heterocycles. The van der Waals surface area contributed by atoms with Gasteiger partial charge in [0.15, 0.2) is 17.5 Å². The Balaban J connectivity index is 1.85. The minimum atomic E-state index is -1.72. The molecule has 1 aliphatic rings. The van der Waals surface area contributed by atoms with E-state index in [2.05, 4.69) is 10.6 Å². The van der Waals surface area contributed by atoms with E-state index in [0.717, 1.165) is 25.0 Å². The van der Waals surface area contributed by atoms with E-state index in [-0.39, 0.29) is 23.0 Å². The lowest BCUT2D eigenvalue weighted by atomic mass is 10.1. The van der Waals surface area contributed by atoms with Crippen LogP contribution in [0.3, 0.4) is 0 Å². The minimum absolute atomic E-state index is 0.114. The lowest BCUT2D eigenvalue weighted by Crippen LogP contribution is -2.14. The summed E-state index contributed by atoms with van der Waals surface area (Å²) in [4.78, 5) is 22.7. The number of nitro benzene ring substituents is 1. The number of amides is 1. The summed E-state index contributed by atoms with van der Waals surface area (Å²) in [5.41, 5.74) is -0.697. The molecule has 6 nitrogen and oxygen atoms in total. The number of hydrogen-bond acceptors (Lipinski definition) is 4. The molecule has 2 N–H and O–H groups in total. The molecule has 3 rings (SSSR count). The molecule has 1 saturated carbocycles. The summed E-state index contributed by atoms with van der Waals surface area (Å²) in [6.45, 7) is 0. The third kappa shape index (κ3) is 3.54. The molecule has 25 heavy (non-hydrogen) atoms. The number of hydrogen-bond donors (Lipinski definition) is 2. The molecule has 2 aromatic carbocycles. The summed E-state index contributed by atoms with van der Waals surface area (Å²) in [7, 11) is 0. The molecular weight excluding hydrogens is 339 g/mol. The maximum Gasteiger partial charge on any atom is 0.293 e. The maximum absolute atomic E-state index is 13.6. The van der Waals surface area contributed by atoms with Crippen LogP contribution in [0.1, 0.15) is 23.2 Å². The van der Waals surface area contributed by atoms with E-state index in [9.17, 15) is 28.1 Å². The van der Waals surface area contributed by atoms with Gasteiger partial charge in [-0.05, 0) is 37.1 Å². The van der Waals surface area contributed by atoms with E-state index in [1.54, 1.807) is 0 Å². The van der Waals surface area contributed by atoms with E-state index in [0.29, 0.717) is 6.07 Å². The Morgan fingerprint density at radius 3 is 2.40 bits per heavy atom. The first-order chi connectivity index (χ1) is 11.9. The van der Waals surface area contributed by atoms with Crippen LogP contribution in [0.5, 0.6) is 0 Å². The third-order valence-electron chi connectivity index (χ3n) is 3.68. The number of halogens is 3. The SMILES string of the molecule is O=C(Nc1ccc(F)c(F)c1F)c1ccc(NC2CC2)c([N+](=O)[O-])c1. The zero-order chi connectivity index (χ0) is 18.1. The molecule has 0 spiro atoms. The number of anilines is 2. The standard InChI is InChI=1S/C16H12F3N3O3/c17-10-4-6-12(15(19)14(10)18)21-16(23)8-1-5-11(20-9-2-3-9)13(7-8)22(24)25/h1,4-7,9,20H,2-3H2,(H,21,23). The number of nitrogens with zero attached hydrogens (tertiary/aromatic N) is 1. The molecule has 2 aromatic rings. The van der Waals surface area contributed by atoms with Crippen molar-refractivity contribution in [3.63, 3.8) is 0 Å². The molecule has 0 bridgehead atoms. The van der Waals surface area contributed by atoms with E-state index >= 15 is 0 Å². The van der Waals surface area contributed by atoms with Gasteiger partial charge >= 0.3 is 0 Å². The molecule has 1 aliphatic carbocycles. The first-order valence-electron chi connectivity index (χ1n) is 7.36. The normalized spacial score (nSPS) is 13.4. The van der Waals surface area contributed by atoms with Gasteiger partial charge in [-0.15, -0.1) is 0 Å². The maximum atomic E-state index is 13.6. The number of carbonyl (C=O) groups is 1.